The Morgan fingerprint density at radius 2 is 1.13 bits per heavy atom. The van der Waals surface area contributed by atoms with E-state index >= 15 is 0 Å². The molecule has 3 heteroatoms. The van der Waals surface area contributed by atoms with Crippen molar-refractivity contribution < 1.29 is 4.42 Å². The van der Waals surface area contributed by atoms with Gasteiger partial charge in [0, 0.05) is 49.7 Å². The van der Waals surface area contributed by atoms with E-state index in [0.717, 1.165) is 33.3 Å². The summed E-state index contributed by atoms with van der Waals surface area (Å²) in [6.45, 7) is 4.78. The largest absolute Gasteiger partial charge is 0.456 e. The maximum Gasteiger partial charge on any atom is 0.137 e. The number of hydrogen-bond acceptors (Lipinski definition) is 3. The fourth-order valence-corrected chi connectivity index (χ4v) is 12.8. The maximum absolute atomic E-state index is 6.47. The maximum atomic E-state index is 6.47. The van der Waals surface area contributed by atoms with E-state index in [1.165, 1.54) is 71.8 Å². The quantitative estimate of drug-likeness (QED) is 0.176. The third kappa shape index (κ3) is 4.81. The Hall–Kier alpha value is -6.81. The van der Waals surface area contributed by atoms with Crippen LogP contribution in [0.1, 0.15) is 58.7 Å². The van der Waals surface area contributed by atoms with Crippen LogP contribution in [0.3, 0.4) is 0 Å². The molecule has 0 bridgehead atoms. The van der Waals surface area contributed by atoms with Crippen molar-refractivity contribution in [2.75, 3.05) is 4.90 Å². The number of nitrogens with zero attached hydrogens (tertiary/aromatic N) is 1. The van der Waals surface area contributed by atoms with Crippen LogP contribution in [0.15, 0.2) is 210 Å². The molecule has 2 nitrogen and oxygen atoms in total. The lowest BCUT2D eigenvalue weighted by Gasteiger charge is -2.46. The third-order valence-corrected chi connectivity index (χ3v) is 15.5. The molecule has 0 saturated carbocycles. The fourth-order valence-electron chi connectivity index (χ4n) is 11.3. The van der Waals surface area contributed by atoms with Gasteiger partial charge in [-0.2, -0.15) is 0 Å². The molecule has 290 valence electrons. The molecule has 0 saturated heterocycles. The van der Waals surface area contributed by atoms with Crippen LogP contribution in [0.5, 0.6) is 0 Å². The van der Waals surface area contributed by atoms with E-state index in [4.69, 9.17) is 4.42 Å². The van der Waals surface area contributed by atoms with E-state index in [1.807, 2.05) is 17.8 Å². The van der Waals surface area contributed by atoms with Crippen molar-refractivity contribution in [3.8, 4) is 22.3 Å². The van der Waals surface area contributed by atoms with Gasteiger partial charge in [0.1, 0.15) is 11.2 Å². The Kier molecular flexibility index (Phi) is 7.37. The predicted molar refractivity (Wildman–Crippen MR) is 254 cm³/mol. The minimum absolute atomic E-state index is 0.132. The minimum Gasteiger partial charge on any atom is -0.456 e. The molecule has 8 aromatic carbocycles. The molecule has 3 aliphatic carbocycles. The first-order valence-corrected chi connectivity index (χ1v) is 22.3. The normalized spacial score (nSPS) is 18.1. The standard InChI is InChI=1S/C58H41NOS/c1-57(2)47-19-7-9-21-49(47)58(50-22-10-8-20-48(50)57)46-18-6-3-14-40(46)41-32-28-37(34-51(41)58)36-26-29-38(30-27-36)59(39-31-33-43-42-15-4-11-24-53(42)60-54(43)35-39)52-23-13-17-45-44-16-5-12-25-55(44)61-56(45)52/h3-35,44,55H,1-2H3. The smallest absolute Gasteiger partial charge is 0.137 e. The predicted octanol–water partition coefficient (Wildman–Crippen LogP) is 15.4. The lowest BCUT2D eigenvalue weighted by atomic mass is 9.55. The van der Waals surface area contributed by atoms with E-state index in [0.29, 0.717) is 11.2 Å². The summed E-state index contributed by atoms with van der Waals surface area (Å²) in [6, 6.07) is 65.7. The summed E-state index contributed by atoms with van der Waals surface area (Å²) in [5, 5.41) is 2.67. The Morgan fingerprint density at radius 1 is 0.492 bits per heavy atom. The lowest BCUT2D eigenvalue weighted by Crippen LogP contribution is -2.40. The SMILES string of the molecule is CC1(C)c2ccccc2C2(c3ccccc3-c3ccc(-c4ccc(N(c5ccc6c(c5)oc5ccccc56)c5cccc6c5SC5C=CC=CC65)cc4)cc32)c2ccccc21. The van der Waals surface area contributed by atoms with E-state index in [-0.39, 0.29) is 5.41 Å². The Morgan fingerprint density at radius 3 is 1.93 bits per heavy atom. The molecule has 2 unspecified atom stereocenters. The lowest BCUT2D eigenvalue weighted by molar-refractivity contribution is 0.563. The first-order chi connectivity index (χ1) is 30.0. The van der Waals surface area contributed by atoms with Gasteiger partial charge in [0.05, 0.1) is 11.1 Å². The van der Waals surface area contributed by atoms with Gasteiger partial charge < -0.3 is 9.32 Å². The minimum atomic E-state index is -0.427. The van der Waals surface area contributed by atoms with Crippen LogP contribution >= 0.6 is 11.8 Å². The fraction of sp³-hybridized carbons (Fsp3) is 0.103. The number of anilines is 3. The molecule has 1 spiro atoms. The van der Waals surface area contributed by atoms with Crippen LogP contribution in [-0.2, 0) is 10.8 Å². The molecule has 1 aromatic heterocycles. The Labute approximate surface area is 360 Å². The zero-order chi connectivity index (χ0) is 40.5. The summed E-state index contributed by atoms with van der Waals surface area (Å²) in [7, 11) is 0. The summed E-state index contributed by atoms with van der Waals surface area (Å²) in [5.41, 5.74) is 19.3. The van der Waals surface area contributed by atoms with E-state index < -0.39 is 5.41 Å². The summed E-state index contributed by atoms with van der Waals surface area (Å²) in [4.78, 5) is 3.76. The monoisotopic (exact) mass is 799 g/mol. The zero-order valence-electron chi connectivity index (χ0n) is 34.0. The van der Waals surface area contributed by atoms with Crippen molar-refractivity contribution in [3.05, 3.63) is 239 Å². The van der Waals surface area contributed by atoms with Crippen LogP contribution < -0.4 is 4.90 Å². The summed E-state index contributed by atoms with van der Waals surface area (Å²) in [6.07, 6.45) is 9.10. The van der Waals surface area contributed by atoms with Crippen molar-refractivity contribution in [2.24, 2.45) is 0 Å². The van der Waals surface area contributed by atoms with E-state index in [1.54, 1.807) is 0 Å². The van der Waals surface area contributed by atoms with Gasteiger partial charge in [-0.15, -0.1) is 11.8 Å². The molecular formula is C58H41NOS. The first-order valence-electron chi connectivity index (χ1n) is 21.4. The average Bonchev–Trinajstić information content (AvgIpc) is 3.97. The van der Waals surface area contributed by atoms with Gasteiger partial charge in [-0.3, -0.25) is 0 Å². The number of benzene rings is 8. The second-order valence-electron chi connectivity index (χ2n) is 17.5. The first kappa shape index (κ1) is 35.0. The molecule has 0 N–H and O–H groups in total. The molecule has 0 fully saturated rings. The third-order valence-electron chi connectivity index (χ3n) is 14.1. The molecule has 2 atom stereocenters. The summed E-state index contributed by atoms with van der Waals surface area (Å²) >= 11 is 1.98. The topological polar surface area (TPSA) is 16.4 Å². The number of hydrogen-bond donors (Lipinski definition) is 0. The van der Waals surface area contributed by atoms with Crippen LogP contribution in [0.4, 0.5) is 17.1 Å². The van der Waals surface area contributed by atoms with Gasteiger partial charge in [-0.25, -0.2) is 0 Å². The second kappa shape index (κ2) is 12.8. The number of para-hydroxylation sites is 1. The van der Waals surface area contributed by atoms with Gasteiger partial charge in [0.25, 0.3) is 0 Å². The molecular weight excluding hydrogens is 759 g/mol. The molecule has 61 heavy (non-hydrogen) atoms. The van der Waals surface area contributed by atoms with Crippen LogP contribution in [-0.4, -0.2) is 5.25 Å². The van der Waals surface area contributed by atoms with E-state index in [9.17, 15) is 0 Å². The highest BCUT2D eigenvalue weighted by atomic mass is 32.2. The van der Waals surface area contributed by atoms with Crippen LogP contribution in [0.2, 0.25) is 0 Å². The number of furan rings is 1. The van der Waals surface area contributed by atoms with E-state index in [2.05, 4.69) is 213 Å². The van der Waals surface area contributed by atoms with Crippen molar-refractivity contribution >= 4 is 50.8 Å². The molecule has 4 aliphatic rings. The van der Waals surface area contributed by atoms with Crippen molar-refractivity contribution in [2.45, 2.75) is 40.7 Å². The van der Waals surface area contributed by atoms with Gasteiger partial charge in [0.15, 0.2) is 0 Å². The summed E-state index contributed by atoms with van der Waals surface area (Å²) < 4.78 is 6.47. The Balaban J connectivity index is 0.972. The highest BCUT2D eigenvalue weighted by molar-refractivity contribution is 8.00. The summed E-state index contributed by atoms with van der Waals surface area (Å²) in [5.74, 6) is 0.371. The number of rotatable bonds is 4. The highest BCUT2D eigenvalue weighted by Crippen LogP contribution is 2.62. The highest BCUT2D eigenvalue weighted by Gasteiger charge is 2.53. The van der Waals surface area contributed by atoms with Crippen LogP contribution in [0, 0.1) is 0 Å². The van der Waals surface area contributed by atoms with Gasteiger partial charge in [-0.05, 0) is 104 Å². The number of allylic oxidation sites excluding steroid dienone is 3. The van der Waals surface area contributed by atoms with Crippen molar-refractivity contribution in [3.63, 3.8) is 0 Å². The second-order valence-corrected chi connectivity index (χ2v) is 18.7. The zero-order valence-corrected chi connectivity index (χ0v) is 34.8. The molecule has 1 aliphatic heterocycles. The molecule has 2 heterocycles. The molecule has 13 rings (SSSR count). The number of thioether (sulfide) groups is 1. The average molecular weight is 800 g/mol. The van der Waals surface area contributed by atoms with Crippen LogP contribution in [0.25, 0.3) is 44.2 Å². The number of fused-ring (bicyclic) bond motifs is 15. The van der Waals surface area contributed by atoms with Gasteiger partial charge in [0.2, 0.25) is 0 Å². The molecule has 0 radical (unpaired) electrons. The van der Waals surface area contributed by atoms with Crippen molar-refractivity contribution in [1.82, 2.24) is 0 Å². The van der Waals surface area contributed by atoms with Crippen molar-refractivity contribution in [1.29, 1.82) is 0 Å². The molecule has 9 aromatic rings. The molecule has 0 amide bonds. The van der Waals surface area contributed by atoms with Gasteiger partial charge >= 0.3 is 0 Å². The Bertz CT molecular complexity index is 3300. The van der Waals surface area contributed by atoms with Gasteiger partial charge in [-0.1, -0.05) is 166 Å².